The SMILES string of the molecule is COC(=O)C1(N(C(=O)C(F)(F)F)c2cccc(Cl)c2)CCC2(CC1)c1cc(OCCCC(=O)N[C@@H](C)c3cccc(Br)c3)ccc1C[C@@H]2C[C@@H](C)COc1ccnc2c1[C@H](C)CCC2. The molecule has 342 valence electrons. The Hall–Kier alpha value is -4.62. The maximum Gasteiger partial charge on any atom is 0.471 e. The van der Waals surface area contributed by atoms with E-state index in [9.17, 15) is 27.6 Å². The van der Waals surface area contributed by atoms with Gasteiger partial charge < -0.3 is 19.5 Å². The van der Waals surface area contributed by atoms with Crippen LogP contribution in [0.4, 0.5) is 18.9 Å². The lowest BCUT2D eigenvalue weighted by atomic mass is 9.59. The van der Waals surface area contributed by atoms with Gasteiger partial charge in [0.15, 0.2) is 0 Å². The summed E-state index contributed by atoms with van der Waals surface area (Å²) in [6, 6.07) is 21.2. The van der Waals surface area contributed by atoms with Gasteiger partial charge in [-0.25, -0.2) is 4.79 Å². The molecule has 4 atom stereocenters. The van der Waals surface area contributed by atoms with Crippen LogP contribution in [0.25, 0.3) is 0 Å². The lowest BCUT2D eigenvalue weighted by Gasteiger charge is -2.51. The highest BCUT2D eigenvalue weighted by atomic mass is 79.9. The number of aryl methyl sites for hydroxylation is 1. The van der Waals surface area contributed by atoms with Crippen molar-refractivity contribution < 1.29 is 41.8 Å². The average molecular weight is 967 g/mol. The minimum atomic E-state index is -5.28. The number of rotatable bonds is 15. The summed E-state index contributed by atoms with van der Waals surface area (Å²) in [4.78, 5) is 45.5. The second kappa shape index (κ2) is 19.9. The number of benzene rings is 3. The Morgan fingerprint density at radius 1 is 1.00 bits per heavy atom. The molecule has 64 heavy (non-hydrogen) atoms. The molecule has 7 rings (SSSR count). The first-order chi connectivity index (χ1) is 30.5. The number of halogens is 5. The predicted octanol–water partition coefficient (Wildman–Crippen LogP) is 11.6. The molecular weight excluding hydrogens is 911 g/mol. The summed E-state index contributed by atoms with van der Waals surface area (Å²) in [5, 5.41) is 3.17. The lowest BCUT2D eigenvalue weighted by Crippen LogP contribution is -2.63. The number of nitrogens with one attached hydrogen (secondary N) is 1. The van der Waals surface area contributed by atoms with E-state index in [2.05, 4.69) is 46.1 Å². The smallest absolute Gasteiger partial charge is 0.471 e. The number of carbonyl (C=O) groups excluding carboxylic acids is 3. The molecule has 1 heterocycles. The van der Waals surface area contributed by atoms with E-state index in [1.165, 1.54) is 29.8 Å². The number of hydrogen-bond donors (Lipinski definition) is 1. The van der Waals surface area contributed by atoms with Crippen molar-refractivity contribution in [3.8, 4) is 11.5 Å². The molecule has 0 aliphatic heterocycles. The van der Waals surface area contributed by atoms with E-state index in [0.29, 0.717) is 55.5 Å². The van der Waals surface area contributed by atoms with Gasteiger partial charge >= 0.3 is 18.1 Å². The fraction of sp³-hybridized carbons (Fsp3) is 0.480. The van der Waals surface area contributed by atoms with Crippen LogP contribution in [0.15, 0.2) is 83.5 Å². The molecule has 3 aliphatic rings. The fourth-order valence-corrected chi connectivity index (χ4v) is 11.1. The first kappa shape index (κ1) is 47.3. The van der Waals surface area contributed by atoms with E-state index >= 15 is 0 Å². The third-order valence-corrected chi connectivity index (χ3v) is 14.4. The van der Waals surface area contributed by atoms with E-state index in [4.69, 9.17) is 25.8 Å². The van der Waals surface area contributed by atoms with Gasteiger partial charge in [0.1, 0.15) is 17.0 Å². The van der Waals surface area contributed by atoms with Crippen LogP contribution in [-0.4, -0.2) is 54.8 Å². The van der Waals surface area contributed by atoms with Crippen molar-refractivity contribution >= 4 is 51.0 Å². The van der Waals surface area contributed by atoms with Gasteiger partial charge in [0.25, 0.3) is 0 Å². The van der Waals surface area contributed by atoms with Crippen LogP contribution >= 0.6 is 27.5 Å². The molecule has 0 bridgehead atoms. The minimum Gasteiger partial charge on any atom is -0.494 e. The number of ether oxygens (including phenoxy) is 3. The van der Waals surface area contributed by atoms with Gasteiger partial charge in [-0.05, 0) is 160 Å². The summed E-state index contributed by atoms with van der Waals surface area (Å²) in [7, 11) is 1.13. The van der Waals surface area contributed by atoms with Crippen LogP contribution in [-0.2, 0) is 37.4 Å². The number of esters is 1. The second-order valence-corrected chi connectivity index (χ2v) is 19.3. The summed E-state index contributed by atoms with van der Waals surface area (Å²) in [5.41, 5.74) is 2.72. The molecule has 1 saturated carbocycles. The number of nitrogens with zero attached hydrogens (tertiary/aromatic N) is 2. The van der Waals surface area contributed by atoms with E-state index < -0.39 is 29.0 Å². The number of hydrogen-bond acceptors (Lipinski definition) is 7. The number of pyridine rings is 1. The van der Waals surface area contributed by atoms with Crippen molar-refractivity contribution in [2.45, 2.75) is 120 Å². The third kappa shape index (κ3) is 10.1. The van der Waals surface area contributed by atoms with Crippen LogP contribution in [0.2, 0.25) is 5.02 Å². The number of fused-ring (bicyclic) bond motifs is 3. The van der Waals surface area contributed by atoms with Crippen molar-refractivity contribution in [1.82, 2.24) is 10.3 Å². The quantitative estimate of drug-likeness (QED) is 0.0934. The summed E-state index contributed by atoms with van der Waals surface area (Å²) in [6.07, 6.45) is 2.25. The summed E-state index contributed by atoms with van der Waals surface area (Å²) in [5.74, 6) is -1.21. The highest BCUT2D eigenvalue weighted by molar-refractivity contribution is 9.10. The van der Waals surface area contributed by atoms with E-state index in [1.807, 2.05) is 55.6 Å². The first-order valence-electron chi connectivity index (χ1n) is 22.2. The fourth-order valence-electron chi connectivity index (χ4n) is 10.5. The van der Waals surface area contributed by atoms with Gasteiger partial charge in [-0.15, -0.1) is 0 Å². The Morgan fingerprint density at radius 2 is 1.77 bits per heavy atom. The first-order valence-corrected chi connectivity index (χ1v) is 23.4. The largest absolute Gasteiger partial charge is 0.494 e. The van der Waals surface area contributed by atoms with Crippen LogP contribution < -0.4 is 19.7 Å². The van der Waals surface area contributed by atoms with Gasteiger partial charge in [-0.2, -0.15) is 13.2 Å². The molecule has 0 radical (unpaired) electrons. The topological polar surface area (TPSA) is 107 Å². The van der Waals surface area contributed by atoms with Crippen LogP contribution in [0.1, 0.15) is 118 Å². The van der Waals surface area contributed by atoms with Crippen molar-refractivity contribution in [3.05, 3.63) is 116 Å². The number of alkyl halides is 3. The molecule has 4 aromatic rings. The molecular formula is C50H56BrClF3N3O6. The Labute approximate surface area is 386 Å². The molecule has 1 fully saturated rings. The van der Waals surface area contributed by atoms with Crippen molar-refractivity contribution in [2.75, 3.05) is 25.2 Å². The molecule has 0 saturated heterocycles. The van der Waals surface area contributed by atoms with Gasteiger partial charge in [0.2, 0.25) is 5.91 Å². The average Bonchev–Trinajstić information content (AvgIpc) is 3.55. The molecule has 9 nitrogen and oxygen atoms in total. The van der Waals surface area contributed by atoms with E-state index in [0.717, 1.165) is 65.4 Å². The lowest BCUT2D eigenvalue weighted by molar-refractivity contribution is -0.174. The normalized spacial score (nSPS) is 22.5. The molecule has 3 aromatic carbocycles. The zero-order valence-corrected chi connectivity index (χ0v) is 39.1. The van der Waals surface area contributed by atoms with Gasteiger partial charge in [-0.3, -0.25) is 19.5 Å². The molecule has 1 N–H and O–H groups in total. The molecule has 14 heteroatoms. The highest BCUT2D eigenvalue weighted by Crippen LogP contribution is 2.58. The molecule has 1 aromatic heterocycles. The van der Waals surface area contributed by atoms with Crippen molar-refractivity contribution in [1.29, 1.82) is 0 Å². The predicted molar refractivity (Wildman–Crippen MR) is 244 cm³/mol. The Kier molecular flexibility index (Phi) is 14.7. The van der Waals surface area contributed by atoms with Crippen LogP contribution in [0, 0.1) is 11.8 Å². The number of aromatic nitrogens is 1. The van der Waals surface area contributed by atoms with E-state index in [1.54, 1.807) is 0 Å². The summed E-state index contributed by atoms with van der Waals surface area (Å²) < 4.78 is 62.6. The Morgan fingerprint density at radius 3 is 2.48 bits per heavy atom. The minimum absolute atomic E-state index is 0.0335. The molecule has 2 amide bonds. The van der Waals surface area contributed by atoms with Crippen molar-refractivity contribution in [3.63, 3.8) is 0 Å². The number of carbonyl (C=O) groups is 3. The van der Waals surface area contributed by atoms with Crippen LogP contribution in [0.5, 0.6) is 11.5 Å². The van der Waals surface area contributed by atoms with Crippen molar-refractivity contribution in [2.24, 2.45) is 11.8 Å². The molecule has 3 aliphatic carbocycles. The number of amides is 2. The maximum atomic E-state index is 14.5. The monoisotopic (exact) mass is 965 g/mol. The Balaban J connectivity index is 1.13. The second-order valence-electron chi connectivity index (χ2n) is 17.9. The maximum absolute atomic E-state index is 14.5. The van der Waals surface area contributed by atoms with Gasteiger partial charge in [0, 0.05) is 39.1 Å². The zero-order valence-electron chi connectivity index (χ0n) is 36.7. The summed E-state index contributed by atoms with van der Waals surface area (Å²) >= 11 is 9.76. The zero-order chi connectivity index (χ0) is 45.8. The van der Waals surface area contributed by atoms with Gasteiger partial charge in [0.05, 0.1) is 26.4 Å². The third-order valence-electron chi connectivity index (χ3n) is 13.7. The summed E-state index contributed by atoms with van der Waals surface area (Å²) in [6.45, 7) is 7.06. The number of anilines is 1. The standard InChI is InChI=1S/C50H56BrClF3N3O6/c1-31(30-64-43-18-23-56-42-14-5-9-32(2)45(42)43)25-36-26-35-16-17-40(63-24-8-15-44(59)57-33(3)34-10-6-11-37(51)27-34)29-41(35)48(36)19-21-49(22-20-48,47(61)62-4)58(46(60)50(53,54)55)39-13-7-12-38(52)28-39/h6-7,10-13,16-18,23,27-29,31-33,36H,5,8-9,14-15,19-22,24-26,30H2,1-4H3,(H,57,59)/t31-,32-,33+,36+,48?,49?/m1/s1. The van der Waals surface area contributed by atoms with Gasteiger partial charge in [-0.1, -0.05) is 65.6 Å². The number of methoxy groups -OCH3 is 1. The van der Waals surface area contributed by atoms with E-state index in [-0.39, 0.29) is 53.8 Å². The van der Waals surface area contributed by atoms with Crippen LogP contribution in [0.3, 0.4) is 0 Å². The highest BCUT2D eigenvalue weighted by Gasteiger charge is 2.60. The molecule has 0 unspecified atom stereocenters. The molecule has 1 spiro atoms. The Bertz CT molecular complexity index is 2340.